The number of carbonyl (C=O) groups is 1. The van der Waals surface area contributed by atoms with Crippen LogP contribution in [0.25, 0.3) is 0 Å². The van der Waals surface area contributed by atoms with E-state index in [9.17, 15) is 9.90 Å². The van der Waals surface area contributed by atoms with Crippen LogP contribution in [0.5, 0.6) is 5.75 Å². The van der Waals surface area contributed by atoms with E-state index < -0.39 is 11.5 Å². The van der Waals surface area contributed by atoms with Crippen molar-refractivity contribution < 1.29 is 14.6 Å². The number of carboxylic acid groups (broad SMARTS) is 1. The Balaban J connectivity index is 2.73. The number of carboxylic acids is 1. The van der Waals surface area contributed by atoms with Gasteiger partial charge < -0.3 is 9.84 Å². The lowest BCUT2D eigenvalue weighted by molar-refractivity contribution is -0.144. The van der Waals surface area contributed by atoms with Gasteiger partial charge in [-0.3, -0.25) is 10.1 Å². The molecule has 4 nitrogen and oxygen atoms in total. The van der Waals surface area contributed by atoms with Crippen LogP contribution in [0.2, 0.25) is 0 Å². The molecule has 0 amide bonds. The second-order valence-corrected chi connectivity index (χ2v) is 7.26. The molecule has 2 N–H and O–H groups in total. The molecule has 0 aliphatic heterocycles. The summed E-state index contributed by atoms with van der Waals surface area (Å²) in [6.07, 6.45) is 0.544. The molecule has 0 bridgehead atoms. The Bertz CT molecular complexity index is 478. The molecular formula is C16H25NO3S. The van der Waals surface area contributed by atoms with Gasteiger partial charge in [-0.2, -0.15) is 0 Å². The van der Waals surface area contributed by atoms with Gasteiger partial charge in [-0.15, -0.1) is 11.8 Å². The van der Waals surface area contributed by atoms with Crippen LogP contribution >= 0.6 is 11.8 Å². The minimum atomic E-state index is -0.917. The molecule has 0 aliphatic rings. The molecule has 0 fully saturated rings. The minimum Gasteiger partial charge on any atom is -0.497 e. The third-order valence-corrected chi connectivity index (χ3v) is 4.25. The topological polar surface area (TPSA) is 58.6 Å². The van der Waals surface area contributed by atoms with Crippen molar-refractivity contribution in [2.24, 2.45) is 0 Å². The van der Waals surface area contributed by atoms with E-state index >= 15 is 0 Å². The summed E-state index contributed by atoms with van der Waals surface area (Å²) in [7, 11) is 1.64. The predicted octanol–water partition coefficient (Wildman–Crippen LogP) is 3.41. The molecule has 0 spiro atoms. The van der Waals surface area contributed by atoms with Gasteiger partial charge in [0.15, 0.2) is 0 Å². The monoisotopic (exact) mass is 311 g/mol. The number of nitrogens with one attached hydrogen (secondary N) is 1. The van der Waals surface area contributed by atoms with Crippen LogP contribution in [0, 0.1) is 0 Å². The first-order chi connectivity index (χ1) is 9.76. The van der Waals surface area contributed by atoms with E-state index in [2.05, 4.69) is 5.32 Å². The number of hydrogen-bond donors (Lipinski definition) is 2. The molecule has 21 heavy (non-hydrogen) atoms. The average molecular weight is 311 g/mol. The molecule has 0 heterocycles. The van der Waals surface area contributed by atoms with E-state index in [4.69, 9.17) is 4.74 Å². The van der Waals surface area contributed by atoms with Gasteiger partial charge >= 0.3 is 5.97 Å². The lowest BCUT2D eigenvalue weighted by Crippen LogP contribution is -2.53. The number of aliphatic carboxylic acids is 1. The highest BCUT2D eigenvalue weighted by Crippen LogP contribution is 2.31. The van der Waals surface area contributed by atoms with E-state index in [-0.39, 0.29) is 11.3 Å². The maximum Gasteiger partial charge on any atom is 0.323 e. The minimum absolute atomic E-state index is 0.125. The average Bonchev–Trinajstić information content (AvgIpc) is 2.37. The number of rotatable bonds is 8. The van der Waals surface area contributed by atoms with Crippen LogP contribution in [0.15, 0.2) is 29.2 Å². The zero-order chi connectivity index (χ0) is 16.0. The van der Waals surface area contributed by atoms with Gasteiger partial charge in [-0.25, -0.2) is 0 Å². The van der Waals surface area contributed by atoms with Crippen molar-refractivity contribution in [2.45, 2.75) is 55.8 Å². The fraction of sp³-hybridized carbons (Fsp3) is 0.562. The highest BCUT2D eigenvalue weighted by atomic mass is 32.2. The van der Waals surface area contributed by atoms with Gasteiger partial charge in [0.05, 0.1) is 7.11 Å². The normalized spacial score (nSPS) is 15.5. The van der Waals surface area contributed by atoms with Crippen molar-refractivity contribution in [1.82, 2.24) is 5.32 Å². The van der Waals surface area contributed by atoms with Crippen LogP contribution in [0.4, 0.5) is 0 Å². The number of hydrogen-bond acceptors (Lipinski definition) is 4. The quantitative estimate of drug-likeness (QED) is 0.721. The van der Waals surface area contributed by atoms with Crippen molar-refractivity contribution in [2.75, 3.05) is 7.11 Å². The molecule has 118 valence electrons. The van der Waals surface area contributed by atoms with Crippen LogP contribution in [0.1, 0.15) is 34.1 Å². The first-order valence-corrected chi connectivity index (χ1v) is 7.96. The maximum absolute atomic E-state index is 11.6. The van der Waals surface area contributed by atoms with Crippen LogP contribution in [0.3, 0.4) is 0 Å². The van der Waals surface area contributed by atoms with E-state index in [0.717, 1.165) is 10.6 Å². The summed E-state index contributed by atoms with van der Waals surface area (Å²) in [6.45, 7) is 7.72. The van der Waals surface area contributed by atoms with Gasteiger partial charge in [0.25, 0.3) is 0 Å². The fourth-order valence-corrected chi connectivity index (χ4v) is 3.59. The molecule has 0 aliphatic carbocycles. The highest BCUT2D eigenvalue weighted by Gasteiger charge is 2.35. The fourth-order valence-electron chi connectivity index (χ4n) is 2.37. The SMILES string of the molecule is COc1cccc(SC(C)CC(C)(NC(C)C)C(=O)O)c1. The van der Waals surface area contributed by atoms with Crippen LogP contribution in [-0.4, -0.2) is 35.0 Å². The van der Waals surface area contributed by atoms with Gasteiger partial charge in [0, 0.05) is 16.2 Å². The molecule has 0 radical (unpaired) electrons. The Morgan fingerprint density at radius 1 is 1.43 bits per heavy atom. The van der Waals surface area contributed by atoms with E-state index in [0.29, 0.717) is 6.42 Å². The Hall–Kier alpha value is -1.20. The standard InChI is InChI=1S/C16H25NO3S/c1-11(2)17-16(4,15(18)19)10-12(3)21-14-8-6-7-13(9-14)20-5/h6-9,11-12,17H,10H2,1-5H3,(H,18,19). The van der Waals surface area contributed by atoms with Gasteiger partial charge in [-0.05, 0) is 45.4 Å². The number of thioether (sulfide) groups is 1. The number of benzene rings is 1. The Morgan fingerprint density at radius 3 is 2.62 bits per heavy atom. The Morgan fingerprint density at radius 2 is 2.10 bits per heavy atom. The predicted molar refractivity (Wildman–Crippen MR) is 87.2 cm³/mol. The molecule has 1 aromatic carbocycles. The molecular weight excluding hydrogens is 286 g/mol. The largest absolute Gasteiger partial charge is 0.497 e. The van der Waals surface area contributed by atoms with Crippen molar-refractivity contribution in [3.63, 3.8) is 0 Å². The molecule has 5 heteroatoms. The van der Waals surface area contributed by atoms with Crippen molar-refractivity contribution in [3.8, 4) is 5.75 Å². The molecule has 2 atom stereocenters. The lowest BCUT2D eigenvalue weighted by Gasteiger charge is -2.31. The third-order valence-electron chi connectivity index (χ3n) is 3.15. The smallest absolute Gasteiger partial charge is 0.323 e. The molecule has 1 aromatic rings. The summed E-state index contributed by atoms with van der Waals surface area (Å²) in [5.74, 6) is 0.00259. The lowest BCUT2D eigenvalue weighted by atomic mass is 9.95. The molecule has 0 saturated heterocycles. The highest BCUT2D eigenvalue weighted by molar-refractivity contribution is 8.00. The zero-order valence-corrected chi connectivity index (χ0v) is 14.2. The maximum atomic E-state index is 11.6. The second-order valence-electron chi connectivity index (χ2n) is 5.75. The van der Waals surface area contributed by atoms with Gasteiger partial charge in [-0.1, -0.05) is 13.0 Å². The van der Waals surface area contributed by atoms with E-state index in [1.807, 2.05) is 45.0 Å². The third kappa shape index (κ3) is 5.59. The summed E-state index contributed by atoms with van der Waals surface area (Å²) in [5, 5.41) is 12.8. The van der Waals surface area contributed by atoms with E-state index in [1.165, 1.54) is 0 Å². The molecule has 0 saturated carbocycles. The summed E-state index contributed by atoms with van der Waals surface area (Å²) in [6, 6.07) is 7.94. The Labute approximate surface area is 131 Å². The first kappa shape index (κ1) is 17.9. The second kappa shape index (κ2) is 7.71. The first-order valence-electron chi connectivity index (χ1n) is 7.08. The summed E-state index contributed by atoms with van der Waals surface area (Å²) < 4.78 is 5.21. The molecule has 0 aromatic heterocycles. The molecule has 2 unspecified atom stereocenters. The summed E-state index contributed by atoms with van der Waals surface area (Å²) in [5.41, 5.74) is -0.917. The van der Waals surface area contributed by atoms with Crippen LogP contribution < -0.4 is 10.1 Å². The number of ether oxygens (including phenoxy) is 1. The van der Waals surface area contributed by atoms with Crippen molar-refractivity contribution in [3.05, 3.63) is 24.3 Å². The van der Waals surface area contributed by atoms with E-state index in [1.54, 1.807) is 25.8 Å². The summed E-state index contributed by atoms with van der Waals surface area (Å²) in [4.78, 5) is 12.6. The number of methoxy groups -OCH3 is 1. The van der Waals surface area contributed by atoms with Gasteiger partial charge in [0.1, 0.15) is 11.3 Å². The molecule has 1 rings (SSSR count). The summed E-state index contributed by atoms with van der Waals surface area (Å²) >= 11 is 1.66. The Kier molecular flexibility index (Phi) is 6.55. The van der Waals surface area contributed by atoms with Crippen molar-refractivity contribution in [1.29, 1.82) is 0 Å². The van der Waals surface area contributed by atoms with Crippen molar-refractivity contribution >= 4 is 17.7 Å². The zero-order valence-electron chi connectivity index (χ0n) is 13.3. The van der Waals surface area contributed by atoms with Crippen LogP contribution in [-0.2, 0) is 4.79 Å². The van der Waals surface area contributed by atoms with Gasteiger partial charge in [0.2, 0.25) is 0 Å².